The number of ether oxygens (including phenoxy) is 1. The van der Waals surface area contributed by atoms with E-state index < -0.39 is 17.5 Å². The van der Waals surface area contributed by atoms with Gasteiger partial charge in [-0.05, 0) is 31.9 Å². The van der Waals surface area contributed by atoms with Crippen LogP contribution in [0.15, 0.2) is 24.3 Å². The number of anilines is 1. The Morgan fingerprint density at radius 2 is 2.05 bits per heavy atom. The summed E-state index contributed by atoms with van der Waals surface area (Å²) >= 11 is 0. The number of amides is 1. The molecule has 1 aromatic carbocycles. The molecule has 5 nitrogen and oxygen atoms in total. The van der Waals surface area contributed by atoms with Gasteiger partial charge in [-0.2, -0.15) is 0 Å². The van der Waals surface area contributed by atoms with Crippen LogP contribution in [0.1, 0.15) is 38.2 Å². The average molecular weight is 291 g/mol. The quantitative estimate of drug-likeness (QED) is 0.925. The lowest BCUT2D eigenvalue weighted by Crippen LogP contribution is -2.41. The molecule has 1 aromatic rings. The first-order chi connectivity index (χ1) is 9.85. The Balaban J connectivity index is 2.29. The molecule has 5 heteroatoms. The second-order valence-corrected chi connectivity index (χ2v) is 5.92. The maximum atomic E-state index is 12.5. The summed E-state index contributed by atoms with van der Waals surface area (Å²) in [6.45, 7) is 4.15. The lowest BCUT2D eigenvalue weighted by atomic mass is 9.89. The SMILES string of the molecule is COC(C)(C)CC(=O)N1CCC(C(=O)O)c2ccccc21. The fraction of sp³-hybridized carbons (Fsp3) is 0.500. The van der Waals surface area contributed by atoms with Gasteiger partial charge >= 0.3 is 5.97 Å². The van der Waals surface area contributed by atoms with Crippen molar-refractivity contribution in [3.63, 3.8) is 0 Å². The average Bonchev–Trinajstić information content (AvgIpc) is 2.45. The van der Waals surface area contributed by atoms with E-state index in [-0.39, 0.29) is 12.3 Å². The van der Waals surface area contributed by atoms with Gasteiger partial charge in [-0.1, -0.05) is 18.2 Å². The summed E-state index contributed by atoms with van der Waals surface area (Å²) in [7, 11) is 1.58. The molecule has 2 rings (SSSR count). The van der Waals surface area contributed by atoms with Gasteiger partial charge in [0.2, 0.25) is 5.91 Å². The van der Waals surface area contributed by atoms with Crippen LogP contribution in [0.2, 0.25) is 0 Å². The van der Waals surface area contributed by atoms with E-state index in [1.807, 2.05) is 32.0 Å². The zero-order valence-corrected chi connectivity index (χ0v) is 12.6. The predicted octanol–water partition coefficient (Wildman–Crippen LogP) is 2.41. The van der Waals surface area contributed by atoms with Crippen LogP contribution >= 0.6 is 0 Å². The molecule has 0 saturated heterocycles. The molecule has 1 aliphatic heterocycles. The molecule has 1 unspecified atom stereocenters. The van der Waals surface area contributed by atoms with E-state index >= 15 is 0 Å². The van der Waals surface area contributed by atoms with Crippen molar-refractivity contribution in [2.45, 2.75) is 38.2 Å². The highest BCUT2D eigenvalue weighted by Gasteiger charge is 2.34. The predicted molar refractivity (Wildman–Crippen MR) is 79.5 cm³/mol. The fourth-order valence-corrected chi connectivity index (χ4v) is 2.61. The van der Waals surface area contributed by atoms with Crippen molar-refractivity contribution in [2.24, 2.45) is 0 Å². The first kappa shape index (κ1) is 15.5. The molecule has 1 N–H and O–H groups in total. The van der Waals surface area contributed by atoms with Crippen molar-refractivity contribution in [2.75, 3.05) is 18.6 Å². The van der Waals surface area contributed by atoms with Gasteiger partial charge in [0.25, 0.3) is 0 Å². The first-order valence-corrected chi connectivity index (χ1v) is 7.03. The molecule has 0 radical (unpaired) electrons. The number of carbonyl (C=O) groups excluding carboxylic acids is 1. The van der Waals surface area contributed by atoms with Crippen molar-refractivity contribution < 1.29 is 19.4 Å². The van der Waals surface area contributed by atoms with Gasteiger partial charge in [0.15, 0.2) is 0 Å². The number of benzene rings is 1. The molecule has 1 amide bonds. The standard InChI is InChI=1S/C16H21NO4/c1-16(2,21-3)10-14(18)17-9-8-12(15(19)20)11-6-4-5-7-13(11)17/h4-7,12H,8-10H2,1-3H3,(H,19,20). The van der Waals surface area contributed by atoms with Crippen LogP contribution in [-0.4, -0.2) is 36.2 Å². The highest BCUT2D eigenvalue weighted by molar-refractivity contribution is 5.96. The number of para-hydroxylation sites is 1. The van der Waals surface area contributed by atoms with E-state index in [9.17, 15) is 14.7 Å². The van der Waals surface area contributed by atoms with Crippen LogP contribution in [0, 0.1) is 0 Å². The highest BCUT2D eigenvalue weighted by Crippen LogP contribution is 2.36. The summed E-state index contributed by atoms with van der Waals surface area (Å²) in [6.07, 6.45) is 0.696. The Bertz CT molecular complexity index is 553. The number of hydrogen-bond donors (Lipinski definition) is 1. The van der Waals surface area contributed by atoms with E-state index in [4.69, 9.17) is 4.74 Å². The third-order valence-corrected chi connectivity index (χ3v) is 3.97. The smallest absolute Gasteiger partial charge is 0.311 e. The van der Waals surface area contributed by atoms with Gasteiger partial charge in [0, 0.05) is 19.3 Å². The van der Waals surface area contributed by atoms with E-state index in [1.54, 1.807) is 18.1 Å². The number of rotatable bonds is 4. The summed E-state index contributed by atoms with van der Waals surface area (Å²) in [6, 6.07) is 7.23. The maximum Gasteiger partial charge on any atom is 0.311 e. The molecule has 0 fully saturated rings. The van der Waals surface area contributed by atoms with E-state index in [0.717, 1.165) is 0 Å². The first-order valence-electron chi connectivity index (χ1n) is 7.03. The normalized spacial score (nSPS) is 18.2. The summed E-state index contributed by atoms with van der Waals surface area (Å²) < 4.78 is 5.30. The lowest BCUT2D eigenvalue weighted by Gasteiger charge is -2.34. The van der Waals surface area contributed by atoms with E-state index in [1.165, 1.54) is 0 Å². The monoisotopic (exact) mass is 291 g/mol. The minimum atomic E-state index is -0.841. The van der Waals surface area contributed by atoms with Gasteiger partial charge < -0.3 is 14.7 Å². The molecule has 0 bridgehead atoms. The van der Waals surface area contributed by atoms with Crippen LogP contribution in [0.4, 0.5) is 5.69 Å². The summed E-state index contributed by atoms with van der Waals surface area (Å²) in [5, 5.41) is 9.31. The van der Waals surface area contributed by atoms with E-state index in [2.05, 4.69) is 0 Å². The van der Waals surface area contributed by atoms with Crippen LogP contribution in [0.5, 0.6) is 0 Å². The molecule has 0 aromatic heterocycles. The van der Waals surface area contributed by atoms with Gasteiger partial charge in [-0.15, -0.1) is 0 Å². The number of aliphatic carboxylic acids is 1. The Hall–Kier alpha value is -1.88. The van der Waals surface area contributed by atoms with Gasteiger partial charge in [0.1, 0.15) is 0 Å². The Kier molecular flexibility index (Phi) is 4.32. The van der Waals surface area contributed by atoms with Gasteiger partial charge in [-0.25, -0.2) is 0 Å². The fourth-order valence-electron chi connectivity index (χ4n) is 2.61. The molecule has 0 spiro atoms. The second kappa shape index (κ2) is 5.85. The molecule has 1 atom stereocenters. The Labute approximate surface area is 124 Å². The van der Waals surface area contributed by atoms with Gasteiger partial charge in [0.05, 0.1) is 17.9 Å². The lowest BCUT2D eigenvalue weighted by molar-refractivity contribution is -0.139. The topological polar surface area (TPSA) is 66.8 Å². The molecular weight excluding hydrogens is 270 g/mol. The largest absolute Gasteiger partial charge is 0.481 e. The second-order valence-electron chi connectivity index (χ2n) is 5.92. The number of hydrogen-bond acceptors (Lipinski definition) is 3. The number of carboxylic acid groups (broad SMARTS) is 1. The highest BCUT2D eigenvalue weighted by atomic mass is 16.5. The van der Waals surface area contributed by atoms with Crippen molar-refractivity contribution in [3.05, 3.63) is 29.8 Å². The minimum absolute atomic E-state index is 0.0434. The maximum absolute atomic E-state index is 12.5. The summed E-state index contributed by atoms with van der Waals surface area (Å²) in [5.41, 5.74) is 0.878. The van der Waals surface area contributed by atoms with Crippen molar-refractivity contribution >= 4 is 17.6 Å². The third-order valence-electron chi connectivity index (χ3n) is 3.97. The van der Waals surface area contributed by atoms with Crippen LogP contribution < -0.4 is 4.90 Å². The zero-order chi connectivity index (χ0) is 15.6. The van der Waals surface area contributed by atoms with Crippen LogP contribution in [0.25, 0.3) is 0 Å². The van der Waals surface area contributed by atoms with Crippen LogP contribution in [-0.2, 0) is 14.3 Å². The summed E-state index contributed by atoms with van der Waals surface area (Å²) in [4.78, 5) is 25.5. The molecular formula is C16H21NO4. The molecule has 0 aliphatic carbocycles. The van der Waals surface area contributed by atoms with Crippen LogP contribution in [0.3, 0.4) is 0 Å². The summed E-state index contributed by atoms with van der Waals surface area (Å²) in [5.74, 6) is -1.43. The molecule has 1 heterocycles. The molecule has 0 saturated carbocycles. The van der Waals surface area contributed by atoms with Crippen molar-refractivity contribution in [1.29, 1.82) is 0 Å². The molecule has 114 valence electrons. The zero-order valence-electron chi connectivity index (χ0n) is 12.6. The minimum Gasteiger partial charge on any atom is -0.481 e. The number of carboxylic acids is 1. The number of methoxy groups -OCH3 is 1. The third kappa shape index (κ3) is 3.24. The number of nitrogens with zero attached hydrogens (tertiary/aromatic N) is 1. The Morgan fingerprint density at radius 1 is 1.38 bits per heavy atom. The van der Waals surface area contributed by atoms with Crippen molar-refractivity contribution in [1.82, 2.24) is 0 Å². The molecule has 21 heavy (non-hydrogen) atoms. The van der Waals surface area contributed by atoms with Gasteiger partial charge in [-0.3, -0.25) is 9.59 Å². The molecule has 1 aliphatic rings. The number of carbonyl (C=O) groups is 2. The number of fused-ring (bicyclic) bond motifs is 1. The Morgan fingerprint density at radius 3 is 2.67 bits per heavy atom. The van der Waals surface area contributed by atoms with Crippen molar-refractivity contribution in [3.8, 4) is 0 Å². The van der Waals surface area contributed by atoms with E-state index in [0.29, 0.717) is 24.2 Å².